The zero-order chi connectivity index (χ0) is 13.1. The summed E-state index contributed by atoms with van der Waals surface area (Å²) in [6.07, 6.45) is 1.66. The normalized spacial score (nSPS) is 16.9. The van der Waals surface area contributed by atoms with Crippen molar-refractivity contribution in [3.8, 4) is 0 Å². The first-order valence-corrected chi connectivity index (χ1v) is 6.00. The minimum Gasteiger partial charge on any atom is -0.478 e. The highest BCUT2D eigenvalue weighted by Crippen LogP contribution is 2.26. The molecular weight excluding hydrogens is 237 g/mol. The van der Waals surface area contributed by atoms with Crippen LogP contribution in [0.3, 0.4) is 0 Å². The van der Waals surface area contributed by atoms with Crippen molar-refractivity contribution in [2.45, 2.75) is 12.8 Å². The van der Waals surface area contributed by atoms with Gasteiger partial charge in [-0.15, -0.1) is 0 Å². The van der Waals surface area contributed by atoms with Crippen LogP contribution in [0.25, 0.3) is 0 Å². The van der Waals surface area contributed by atoms with Crippen molar-refractivity contribution in [2.75, 3.05) is 24.6 Å². The van der Waals surface area contributed by atoms with Gasteiger partial charge in [0.05, 0.1) is 11.3 Å². The largest absolute Gasteiger partial charge is 0.478 e. The molecule has 1 aliphatic heterocycles. The number of aliphatic hydroxyl groups is 1. The van der Waals surface area contributed by atoms with Gasteiger partial charge in [0.25, 0.3) is 0 Å². The van der Waals surface area contributed by atoms with Gasteiger partial charge < -0.3 is 15.1 Å². The Morgan fingerprint density at radius 3 is 2.56 bits per heavy atom. The van der Waals surface area contributed by atoms with E-state index in [0.29, 0.717) is 24.7 Å². The van der Waals surface area contributed by atoms with Crippen LogP contribution >= 0.6 is 0 Å². The lowest BCUT2D eigenvalue weighted by Gasteiger charge is -2.33. The summed E-state index contributed by atoms with van der Waals surface area (Å²) in [6.45, 7) is 1.55. The molecule has 0 spiro atoms. The quantitative estimate of drug-likeness (QED) is 0.861. The smallest absolute Gasteiger partial charge is 0.335 e. The first-order chi connectivity index (χ1) is 8.61. The van der Waals surface area contributed by atoms with Crippen molar-refractivity contribution in [1.82, 2.24) is 0 Å². The highest BCUT2D eigenvalue weighted by atomic mass is 19.1. The maximum atomic E-state index is 13.8. The Bertz CT molecular complexity index is 442. The molecule has 0 unspecified atom stereocenters. The van der Waals surface area contributed by atoms with Crippen molar-refractivity contribution in [1.29, 1.82) is 0 Å². The fourth-order valence-electron chi connectivity index (χ4n) is 2.25. The van der Waals surface area contributed by atoms with E-state index in [1.807, 2.05) is 4.90 Å². The molecule has 1 aromatic rings. The third-order valence-electron chi connectivity index (χ3n) is 3.41. The van der Waals surface area contributed by atoms with Crippen LogP contribution in [0.5, 0.6) is 0 Å². The second-order valence-electron chi connectivity index (χ2n) is 4.58. The summed E-state index contributed by atoms with van der Waals surface area (Å²) in [7, 11) is 0. The summed E-state index contributed by atoms with van der Waals surface area (Å²) in [5.74, 6) is -1.33. The number of halogens is 1. The Hall–Kier alpha value is -1.62. The molecule has 4 nitrogen and oxygen atoms in total. The predicted molar refractivity (Wildman–Crippen MR) is 65.4 cm³/mol. The molecule has 1 aromatic carbocycles. The Balaban J connectivity index is 2.12. The van der Waals surface area contributed by atoms with E-state index in [2.05, 4.69) is 0 Å². The number of aliphatic hydroxyl groups excluding tert-OH is 1. The average molecular weight is 253 g/mol. The van der Waals surface area contributed by atoms with E-state index in [9.17, 15) is 9.18 Å². The molecular formula is C13H16FNO3. The fourth-order valence-corrected chi connectivity index (χ4v) is 2.25. The van der Waals surface area contributed by atoms with Crippen molar-refractivity contribution in [2.24, 2.45) is 5.92 Å². The molecule has 2 N–H and O–H groups in total. The van der Waals surface area contributed by atoms with Crippen LogP contribution in [0.15, 0.2) is 18.2 Å². The van der Waals surface area contributed by atoms with Gasteiger partial charge in [0.2, 0.25) is 0 Å². The van der Waals surface area contributed by atoms with Crippen LogP contribution in [0, 0.1) is 11.7 Å². The van der Waals surface area contributed by atoms with Crippen molar-refractivity contribution < 1.29 is 19.4 Å². The number of anilines is 1. The van der Waals surface area contributed by atoms with Crippen LogP contribution in [0.2, 0.25) is 0 Å². The standard InChI is InChI=1S/C13H16FNO3/c14-11-7-10(13(17)18)1-2-12(11)15-5-3-9(8-16)4-6-15/h1-2,7,9,16H,3-6,8H2,(H,17,18). The first-order valence-electron chi connectivity index (χ1n) is 6.00. The molecule has 98 valence electrons. The average Bonchev–Trinajstić information content (AvgIpc) is 2.38. The summed E-state index contributed by atoms with van der Waals surface area (Å²) in [6, 6.07) is 3.98. The van der Waals surface area contributed by atoms with Gasteiger partial charge in [-0.3, -0.25) is 0 Å². The predicted octanol–water partition coefficient (Wildman–Crippen LogP) is 1.73. The highest BCUT2D eigenvalue weighted by molar-refractivity contribution is 5.88. The van der Waals surface area contributed by atoms with Gasteiger partial charge in [0, 0.05) is 19.7 Å². The first kappa shape index (κ1) is 12.8. The van der Waals surface area contributed by atoms with Crippen LogP contribution < -0.4 is 4.90 Å². The SMILES string of the molecule is O=C(O)c1ccc(N2CCC(CO)CC2)c(F)c1. The van der Waals surface area contributed by atoms with E-state index < -0.39 is 11.8 Å². The molecule has 0 atom stereocenters. The molecule has 0 bridgehead atoms. The Morgan fingerprint density at radius 2 is 2.06 bits per heavy atom. The summed E-state index contributed by atoms with van der Waals surface area (Å²) in [5.41, 5.74) is 0.401. The fraction of sp³-hybridized carbons (Fsp3) is 0.462. The maximum absolute atomic E-state index is 13.8. The molecule has 18 heavy (non-hydrogen) atoms. The Morgan fingerprint density at radius 1 is 1.39 bits per heavy atom. The third-order valence-corrected chi connectivity index (χ3v) is 3.41. The highest BCUT2D eigenvalue weighted by Gasteiger charge is 2.21. The van der Waals surface area contributed by atoms with Crippen LogP contribution in [-0.4, -0.2) is 35.9 Å². The number of carboxylic acid groups (broad SMARTS) is 1. The molecule has 1 fully saturated rings. The zero-order valence-corrected chi connectivity index (χ0v) is 9.97. The van der Waals surface area contributed by atoms with Crippen molar-refractivity contribution in [3.63, 3.8) is 0 Å². The number of hydrogen-bond donors (Lipinski definition) is 2. The zero-order valence-electron chi connectivity index (χ0n) is 9.97. The molecule has 1 heterocycles. The minimum absolute atomic E-state index is 0.0403. The summed E-state index contributed by atoms with van der Waals surface area (Å²) >= 11 is 0. The number of rotatable bonds is 3. The van der Waals surface area contributed by atoms with E-state index in [0.717, 1.165) is 18.9 Å². The molecule has 5 heteroatoms. The number of carbonyl (C=O) groups is 1. The summed E-state index contributed by atoms with van der Waals surface area (Å²) < 4.78 is 13.8. The maximum Gasteiger partial charge on any atom is 0.335 e. The van der Waals surface area contributed by atoms with E-state index in [4.69, 9.17) is 10.2 Å². The number of benzene rings is 1. The topological polar surface area (TPSA) is 60.8 Å². The van der Waals surface area contributed by atoms with Crippen LogP contribution in [0.4, 0.5) is 10.1 Å². The molecule has 1 saturated heterocycles. The number of piperidine rings is 1. The van der Waals surface area contributed by atoms with Gasteiger partial charge in [-0.05, 0) is 37.0 Å². The van der Waals surface area contributed by atoms with Gasteiger partial charge in [0.1, 0.15) is 5.82 Å². The number of nitrogens with zero attached hydrogens (tertiary/aromatic N) is 1. The molecule has 0 amide bonds. The third kappa shape index (κ3) is 2.61. The number of carboxylic acids is 1. The van der Waals surface area contributed by atoms with Crippen molar-refractivity contribution in [3.05, 3.63) is 29.6 Å². The van der Waals surface area contributed by atoms with Gasteiger partial charge in [-0.1, -0.05) is 0 Å². The van der Waals surface area contributed by atoms with Gasteiger partial charge in [-0.2, -0.15) is 0 Å². The van der Waals surface area contributed by atoms with Gasteiger partial charge in [-0.25, -0.2) is 9.18 Å². The second kappa shape index (κ2) is 5.35. The van der Waals surface area contributed by atoms with Crippen LogP contribution in [0.1, 0.15) is 23.2 Å². The monoisotopic (exact) mass is 253 g/mol. The molecule has 0 radical (unpaired) electrons. The van der Waals surface area contributed by atoms with E-state index >= 15 is 0 Å². The van der Waals surface area contributed by atoms with Crippen molar-refractivity contribution >= 4 is 11.7 Å². The number of hydrogen-bond acceptors (Lipinski definition) is 3. The van der Waals surface area contributed by atoms with Crippen LogP contribution in [-0.2, 0) is 0 Å². The molecule has 0 aromatic heterocycles. The second-order valence-corrected chi connectivity index (χ2v) is 4.58. The number of aromatic carboxylic acids is 1. The summed E-state index contributed by atoms with van der Waals surface area (Å²) in [4.78, 5) is 12.6. The lowest BCUT2D eigenvalue weighted by Crippen LogP contribution is -2.35. The van der Waals surface area contributed by atoms with E-state index in [1.165, 1.54) is 12.1 Å². The Kier molecular flexibility index (Phi) is 3.81. The summed E-state index contributed by atoms with van der Waals surface area (Å²) in [5, 5.41) is 17.8. The Labute approximate surface area is 105 Å². The molecule has 2 rings (SSSR count). The minimum atomic E-state index is -1.13. The molecule has 0 aliphatic carbocycles. The lowest BCUT2D eigenvalue weighted by molar-refractivity contribution is 0.0696. The van der Waals surface area contributed by atoms with Gasteiger partial charge in [0.15, 0.2) is 0 Å². The van der Waals surface area contributed by atoms with E-state index in [1.54, 1.807) is 0 Å². The lowest BCUT2D eigenvalue weighted by atomic mass is 9.97. The van der Waals surface area contributed by atoms with E-state index in [-0.39, 0.29) is 12.2 Å². The molecule has 0 saturated carbocycles. The molecule has 1 aliphatic rings. The van der Waals surface area contributed by atoms with Gasteiger partial charge >= 0.3 is 5.97 Å².